The number of hydrogen-bond donors (Lipinski definition) is 1. The predicted molar refractivity (Wildman–Crippen MR) is 76.5 cm³/mol. The van der Waals surface area contributed by atoms with Gasteiger partial charge in [0.25, 0.3) is 0 Å². The quantitative estimate of drug-likeness (QED) is 0.843. The van der Waals surface area contributed by atoms with Crippen LogP contribution in [0.1, 0.15) is 37.2 Å². The Labute approximate surface area is 119 Å². The molecule has 3 nitrogen and oxygen atoms in total. The van der Waals surface area contributed by atoms with Gasteiger partial charge in [0.05, 0.1) is 13.0 Å². The van der Waals surface area contributed by atoms with Gasteiger partial charge >= 0.3 is 5.97 Å². The molecule has 0 spiro atoms. The molecule has 0 aromatic heterocycles. The molecular weight excluding hydrogens is 262 g/mol. The van der Waals surface area contributed by atoms with Crippen LogP contribution >= 0.6 is 11.6 Å². The van der Waals surface area contributed by atoms with E-state index in [4.69, 9.17) is 16.3 Å². The minimum absolute atomic E-state index is 0.215. The summed E-state index contributed by atoms with van der Waals surface area (Å²) in [4.78, 5) is 11.9. The Balaban J connectivity index is 2.04. The Morgan fingerprint density at radius 1 is 1.47 bits per heavy atom. The highest BCUT2D eigenvalue weighted by atomic mass is 35.5. The van der Waals surface area contributed by atoms with Gasteiger partial charge in [-0.3, -0.25) is 4.79 Å². The summed E-state index contributed by atoms with van der Waals surface area (Å²) >= 11 is 5.99. The smallest absolute Gasteiger partial charge is 0.314 e. The van der Waals surface area contributed by atoms with Gasteiger partial charge in [0.1, 0.15) is 0 Å². The molecule has 1 aromatic rings. The van der Waals surface area contributed by atoms with E-state index in [1.54, 1.807) is 0 Å². The first-order chi connectivity index (χ1) is 9.20. The van der Waals surface area contributed by atoms with Crippen molar-refractivity contribution in [2.24, 2.45) is 0 Å². The van der Waals surface area contributed by atoms with Crippen molar-refractivity contribution in [3.05, 3.63) is 34.9 Å². The molecule has 104 valence electrons. The van der Waals surface area contributed by atoms with Crippen LogP contribution in [0.4, 0.5) is 0 Å². The fraction of sp³-hybridized carbons (Fsp3) is 0.533. The number of rotatable bonds is 5. The third kappa shape index (κ3) is 3.95. The first kappa shape index (κ1) is 14.4. The molecule has 1 aromatic carbocycles. The van der Waals surface area contributed by atoms with Crippen LogP contribution in [-0.4, -0.2) is 25.7 Å². The van der Waals surface area contributed by atoms with Gasteiger partial charge in [0.2, 0.25) is 0 Å². The first-order valence-electron chi connectivity index (χ1n) is 6.77. The van der Waals surface area contributed by atoms with Gasteiger partial charge in [-0.15, -0.1) is 0 Å². The lowest BCUT2D eigenvalue weighted by molar-refractivity contribution is -0.142. The zero-order valence-electron chi connectivity index (χ0n) is 11.2. The summed E-state index contributed by atoms with van der Waals surface area (Å²) in [6.07, 6.45) is 4.95. The standard InChI is InChI=1S/C15H20ClNO2/c1-19-15(18)14(10-17-13-7-2-3-8-13)11-5-4-6-12(16)9-11/h4-6,9,13-14,17H,2-3,7-8,10H2,1H3. The van der Waals surface area contributed by atoms with Crippen molar-refractivity contribution >= 4 is 17.6 Å². The molecule has 0 heterocycles. The fourth-order valence-electron chi connectivity index (χ4n) is 2.62. The van der Waals surface area contributed by atoms with Crippen molar-refractivity contribution in [1.82, 2.24) is 5.32 Å². The molecule has 0 saturated heterocycles. The van der Waals surface area contributed by atoms with Crippen molar-refractivity contribution in [2.45, 2.75) is 37.6 Å². The molecule has 2 rings (SSSR count). The van der Waals surface area contributed by atoms with Crippen molar-refractivity contribution in [3.63, 3.8) is 0 Å². The third-order valence-electron chi connectivity index (χ3n) is 3.70. The maximum atomic E-state index is 11.9. The van der Waals surface area contributed by atoms with Gasteiger partial charge in [0, 0.05) is 17.6 Å². The number of hydrogen-bond acceptors (Lipinski definition) is 3. The number of benzene rings is 1. The summed E-state index contributed by atoms with van der Waals surface area (Å²) in [6, 6.07) is 7.96. The molecule has 1 aliphatic rings. The first-order valence-corrected chi connectivity index (χ1v) is 7.15. The van der Waals surface area contributed by atoms with Crippen LogP contribution in [-0.2, 0) is 9.53 Å². The molecule has 19 heavy (non-hydrogen) atoms. The van der Waals surface area contributed by atoms with E-state index in [0.717, 1.165) is 5.56 Å². The molecule has 1 N–H and O–H groups in total. The Kier molecular flexibility index (Phi) is 5.23. The maximum absolute atomic E-state index is 11.9. The van der Waals surface area contributed by atoms with Crippen molar-refractivity contribution in [3.8, 4) is 0 Å². The van der Waals surface area contributed by atoms with Crippen LogP contribution in [0.25, 0.3) is 0 Å². The second-order valence-corrected chi connectivity index (χ2v) is 5.46. The highest BCUT2D eigenvalue weighted by Crippen LogP contribution is 2.22. The highest BCUT2D eigenvalue weighted by molar-refractivity contribution is 6.30. The molecule has 1 aliphatic carbocycles. The summed E-state index contributed by atoms with van der Waals surface area (Å²) < 4.78 is 4.90. The summed E-state index contributed by atoms with van der Waals surface area (Å²) in [5.74, 6) is -0.503. The normalized spacial score (nSPS) is 17.4. The second kappa shape index (κ2) is 6.92. The van der Waals surface area contributed by atoms with E-state index in [0.29, 0.717) is 17.6 Å². The number of ether oxygens (including phenoxy) is 1. The lowest BCUT2D eigenvalue weighted by Gasteiger charge is -2.19. The van der Waals surface area contributed by atoms with Gasteiger partial charge in [-0.05, 0) is 30.5 Å². The Morgan fingerprint density at radius 3 is 2.84 bits per heavy atom. The molecular formula is C15H20ClNO2. The van der Waals surface area contributed by atoms with Crippen molar-refractivity contribution in [1.29, 1.82) is 0 Å². The monoisotopic (exact) mass is 281 g/mol. The second-order valence-electron chi connectivity index (χ2n) is 5.02. The summed E-state index contributed by atoms with van der Waals surface area (Å²) in [5, 5.41) is 4.12. The molecule has 1 atom stereocenters. The van der Waals surface area contributed by atoms with Crippen LogP contribution < -0.4 is 5.32 Å². The van der Waals surface area contributed by atoms with Crippen LogP contribution in [0.3, 0.4) is 0 Å². The molecule has 0 aliphatic heterocycles. The summed E-state index contributed by atoms with van der Waals surface area (Å²) in [7, 11) is 1.43. The van der Waals surface area contributed by atoms with E-state index >= 15 is 0 Å². The van der Waals surface area contributed by atoms with Gasteiger partial charge in [0.15, 0.2) is 0 Å². The molecule has 4 heteroatoms. The summed E-state index contributed by atoms with van der Waals surface area (Å²) in [6.45, 7) is 0.609. The van der Waals surface area contributed by atoms with E-state index in [1.807, 2.05) is 24.3 Å². The van der Waals surface area contributed by atoms with Crippen LogP contribution in [0.5, 0.6) is 0 Å². The topological polar surface area (TPSA) is 38.3 Å². The van der Waals surface area contributed by atoms with Crippen LogP contribution in [0, 0.1) is 0 Å². The number of carbonyl (C=O) groups is 1. The molecule has 1 fully saturated rings. The number of methoxy groups -OCH3 is 1. The zero-order chi connectivity index (χ0) is 13.7. The number of nitrogens with one attached hydrogen (secondary N) is 1. The van der Waals surface area contributed by atoms with E-state index in [-0.39, 0.29) is 11.9 Å². The van der Waals surface area contributed by atoms with Crippen molar-refractivity contribution < 1.29 is 9.53 Å². The lowest BCUT2D eigenvalue weighted by atomic mass is 9.98. The van der Waals surface area contributed by atoms with Gasteiger partial charge in [-0.2, -0.15) is 0 Å². The third-order valence-corrected chi connectivity index (χ3v) is 3.94. The number of esters is 1. The fourth-order valence-corrected chi connectivity index (χ4v) is 2.82. The number of carbonyl (C=O) groups excluding carboxylic acids is 1. The molecule has 1 saturated carbocycles. The Hall–Kier alpha value is -1.06. The van der Waals surface area contributed by atoms with Crippen LogP contribution in [0.2, 0.25) is 5.02 Å². The molecule has 1 unspecified atom stereocenters. The number of halogens is 1. The summed E-state index contributed by atoms with van der Waals surface area (Å²) in [5.41, 5.74) is 0.907. The Morgan fingerprint density at radius 2 is 2.21 bits per heavy atom. The van der Waals surface area contributed by atoms with E-state index in [9.17, 15) is 4.79 Å². The lowest BCUT2D eigenvalue weighted by Crippen LogP contribution is -2.33. The van der Waals surface area contributed by atoms with Gasteiger partial charge in [-0.1, -0.05) is 36.6 Å². The van der Waals surface area contributed by atoms with Gasteiger partial charge < -0.3 is 10.1 Å². The minimum Gasteiger partial charge on any atom is -0.469 e. The maximum Gasteiger partial charge on any atom is 0.314 e. The highest BCUT2D eigenvalue weighted by Gasteiger charge is 2.23. The Bertz CT molecular complexity index is 430. The largest absolute Gasteiger partial charge is 0.469 e. The van der Waals surface area contributed by atoms with Crippen molar-refractivity contribution in [2.75, 3.05) is 13.7 Å². The average molecular weight is 282 g/mol. The zero-order valence-corrected chi connectivity index (χ0v) is 12.0. The predicted octanol–water partition coefficient (Wildman–Crippen LogP) is 3.13. The van der Waals surface area contributed by atoms with Crippen LogP contribution in [0.15, 0.2) is 24.3 Å². The minimum atomic E-state index is -0.288. The van der Waals surface area contributed by atoms with E-state index in [1.165, 1.54) is 32.8 Å². The average Bonchev–Trinajstić information content (AvgIpc) is 2.92. The molecule has 0 amide bonds. The molecule has 0 bridgehead atoms. The van der Waals surface area contributed by atoms with E-state index < -0.39 is 0 Å². The SMILES string of the molecule is COC(=O)C(CNC1CCCC1)c1cccc(Cl)c1. The molecule has 0 radical (unpaired) electrons. The van der Waals surface area contributed by atoms with E-state index in [2.05, 4.69) is 5.32 Å². The van der Waals surface area contributed by atoms with Gasteiger partial charge in [-0.25, -0.2) is 0 Å².